The Hall–Kier alpha value is -1.16. The summed E-state index contributed by atoms with van der Waals surface area (Å²) in [7, 11) is 0. The van der Waals surface area contributed by atoms with Crippen LogP contribution >= 0.6 is 0 Å². The molecule has 0 bridgehead atoms. The second-order valence-electron chi connectivity index (χ2n) is 4.91. The van der Waals surface area contributed by atoms with E-state index in [0.717, 1.165) is 43.4 Å². The molecule has 1 rings (SSSR count). The van der Waals surface area contributed by atoms with Crippen molar-refractivity contribution in [1.29, 1.82) is 0 Å². The van der Waals surface area contributed by atoms with Crippen molar-refractivity contribution in [3.8, 4) is 0 Å². The molecule has 1 heterocycles. The van der Waals surface area contributed by atoms with Crippen molar-refractivity contribution in [2.24, 2.45) is 0 Å². The zero-order chi connectivity index (χ0) is 13.5. The quantitative estimate of drug-likeness (QED) is 0.808. The summed E-state index contributed by atoms with van der Waals surface area (Å²) < 4.78 is 0. The molecule has 1 N–H and O–H groups in total. The maximum atomic E-state index is 4.56. The van der Waals surface area contributed by atoms with Gasteiger partial charge in [0.1, 0.15) is 11.6 Å². The highest BCUT2D eigenvalue weighted by molar-refractivity contribution is 5.35. The van der Waals surface area contributed by atoms with Gasteiger partial charge in [-0.1, -0.05) is 6.92 Å². The molecule has 4 nitrogen and oxygen atoms in total. The van der Waals surface area contributed by atoms with Gasteiger partial charge in [0.15, 0.2) is 0 Å². The Morgan fingerprint density at radius 1 is 1.28 bits per heavy atom. The molecule has 0 aliphatic carbocycles. The van der Waals surface area contributed by atoms with Gasteiger partial charge < -0.3 is 5.32 Å². The Morgan fingerprint density at radius 3 is 2.56 bits per heavy atom. The molecular formula is C14H26N4. The molecule has 0 aliphatic rings. The van der Waals surface area contributed by atoms with Crippen LogP contribution in [-0.4, -0.2) is 34.0 Å². The summed E-state index contributed by atoms with van der Waals surface area (Å²) in [6, 6.07) is 2.52. The van der Waals surface area contributed by atoms with Gasteiger partial charge in [-0.05, 0) is 40.7 Å². The molecule has 1 aromatic rings. The lowest BCUT2D eigenvalue weighted by molar-refractivity contribution is 0.208. The maximum absolute atomic E-state index is 4.56. The second kappa shape index (κ2) is 7.31. The molecule has 0 aliphatic heterocycles. The topological polar surface area (TPSA) is 41.1 Å². The first-order valence-electron chi connectivity index (χ1n) is 6.89. The summed E-state index contributed by atoms with van der Waals surface area (Å²) in [6.07, 6.45) is 1.16. The molecular weight excluding hydrogens is 224 g/mol. The minimum Gasteiger partial charge on any atom is -0.370 e. The summed E-state index contributed by atoms with van der Waals surface area (Å²) in [4.78, 5) is 11.5. The van der Waals surface area contributed by atoms with Crippen LogP contribution in [0.15, 0.2) is 6.07 Å². The van der Waals surface area contributed by atoms with Gasteiger partial charge in [-0.2, -0.15) is 0 Å². The molecule has 0 aromatic carbocycles. The van der Waals surface area contributed by atoms with E-state index in [1.54, 1.807) is 0 Å². The summed E-state index contributed by atoms with van der Waals surface area (Å²) >= 11 is 0. The third-order valence-electron chi connectivity index (χ3n) is 2.84. The number of aryl methyl sites for hydroxylation is 1. The van der Waals surface area contributed by atoms with Crippen molar-refractivity contribution < 1.29 is 0 Å². The van der Waals surface area contributed by atoms with E-state index in [2.05, 4.69) is 47.9 Å². The Bertz CT molecular complexity index is 363. The average molecular weight is 250 g/mol. The molecule has 4 heteroatoms. The minimum atomic E-state index is 0.525. The molecule has 102 valence electrons. The number of nitrogens with zero attached hydrogens (tertiary/aromatic N) is 3. The van der Waals surface area contributed by atoms with Gasteiger partial charge in [0.05, 0.1) is 6.54 Å². The number of aromatic nitrogens is 2. The molecule has 0 fully saturated rings. The van der Waals surface area contributed by atoms with Crippen molar-refractivity contribution in [3.63, 3.8) is 0 Å². The summed E-state index contributed by atoms with van der Waals surface area (Å²) in [5.74, 6) is 1.84. The van der Waals surface area contributed by atoms with E-state index >= 15 is 0 Å². The third kappa shape index (κ3) is 4.61. The van der Waals surface area contributed by atoms with Crippen LogP contribution in [-0.2, 0) is 6.54 Å². The fourth-order valence-corrected chi connectivity index (χ4v) is 1.96. The van der Waals surface area contributed by atoms with Crippen LogP contribution in [0.5, 0.6) is 0 Å². The lowest BCUT2D eigenvalue weighted by Crippen LogP contribution is -2.32. The Balaban J connectivity index is 2.81. The lowest BCUT2D eigenvalue weighted by atomic mass is 10.3. The van der Waals surface area contributed by atoms with Gasteiger partial charge in [-0.25, -0.2) is 9.97 Å². The number of nitrogens with one attached hydrogen (secondary N) is 1. The standard InChI is InChI=1S/C14H26N4/c1-6-8-18(11(3)4)10-14-16-12(5)9-13(17-14)15-7-2/h9,11H,6-8,10H2,1-5H3,(H,15,16,17). The normalized spacial score (nSPS) is 11.3. The second-order valence-corrected chi connectivity index (χ2v) is 4.91. The van der Waals surface area contributed by atoms with Gasteiger partial charge in [0.2, 0.25) is 0 Å². The van der Waals surface area contributed by atoms with Crippen LogP contribution in [0.4, 0.5) is 5.82 Å². The van der Waals surface area contributed by atoms with E-state index < -0.39 is 0 Å². The summed E-state index contributed by atoms with van der Waals surface area (Å²) in [6.45, 7) is 13.5. The highest BCUT2D eigenvalue weighted by Gasteiger charge is 2.11. The molecule has 0 spiro atoms. The van der Waals surface area contributed by atoms with Crippen molar-refractivity contribution in [3.05, 3.63) is 17.6 Å². The molecule has 18 heavy (non-hydrogen) atoms. The van der Waals surface area contributed by atoms with Crippen LogP contribution in [0, 0.1) is 6.92 Å². The van der Waals surface area contributed by atoms with Crippen LogP contribution < -0.4 is 5.32 Å². The van der Waals surface area contributed by atoms with Crippen LogP contribution in [0.1, 0.15) is 45.6 Å². The zero-order valence-corrected chi connectivity index (χ0v) is 12.3. The van der Waals surface area contributed by atoms with Crippen LogP contribution in [0.25, 0.3) is 0 Å². The first-order valence-corrected chi connectivity index (χ1v) is 6.89. The fourth-order valence-electron chi connectivity index (χ4n) is 1.96. The van der Waals surface area contributed by atoms with Gasteiger partial charge >= 0.3 is 0 Å². The first kappa shape index (κ1) is 14.9. The van der Waals surface area contributed by atoms with Gasteiger partial charge in [-0.15, -0.1) is 0 Å². The van der Waals surface area contributed by atoms with Crippen LogP contribution in [0.2, 0.25) is 0 Å². The Kier molecular flexibility index (Phi) is 6.05. The van der Waals surface area contributed by atoms with Gasteiger partial charge in [0, 0.05) is 24.3 Å². The average Bonchev–Trinajstić information content (AvgIpc) is 2.28. The Labute approximate surface area is 111 Å². The maximum Gasteiger partial charge on any atom is 0.144 e. The van der Waals surface area contributed by atoms with Crippen molar-refractivity contribution in [1.82, 2.24) is 14.9 Å². The van der Waals surface area contributed by atoms with Gasteiger partial charge in [-0.3, -0.25) is 4.90 Å². The van der Waals surface area contributed by atoms with E-state index in [0.29, 0.717) is 6.04 Å². The first-order chi connectivity index (χ1) is 8.56. The monoisotopic (exact) mass is 250 g/mol. The van der Waals surface area contributed by atoms with Crippen molar-refractivity contribution in [2.75, 3.05) is 18.4 Å². The molecule has 0 amide bonds. The van der Waals surface area contributed by atoms with Crippen molar-refractivity contribution >= 4 is 5.82 Å². The Morgan fingerprint density at radius 2 is 2.00 bits per heavy atom. The number of hydrogen-bond acceptors (Lipinski definition) is 4. The van der Waals surface area contributed by atoms with Gasteiger partial charge in [0.25, 0.3) is 0 Å². The minimum absolute atomic E-state index is 0.525. The SMILES string of the molecule is CCCN(Cc1nc(C)cc(NCC)n1)C(C)C. The molecule has 0 atom stereocenters. The van der Waals surface area contributed by atoms with E-state index in [-0.39, 0.29) is 0 Å². The van der Waals surface area contributed by atoms with E-state index in [1.165, 1.54) is 0 Å². The predicted octanol–water partition coefficient (Wildman–Crippen LogP) is 2.84. The summed E-state index contributed by atoms with van der Waals surface area (Å²) in [5.41, 5.74) is 1.02. The number of rotatable bonds is 7. The molecule has 0 saturated heterocycles. The third-order valence-corrected chi connectivity index (χ3v) is 2.84. The predicted molar refractivity (Wildman–Crippen MR) is 76.8 cm³/mol. The molecule has 0 radical (unpaired) electrons. The number of hydrogen-bond donors (Lipinski definition) is 1. The molecule has 1 aromatic heterocycles. The van der Waals surface area contributed by atoms with E-state index in [9.17, 15) is 0 Å². The number of anilines is 1. The van der Waals surface area contributed by atoms with E-state index in [1.807, 2.05) is 13.0 Å². The highest BCUT2D eigenvalue weighted by Crippen LogP contribution is 2.10. The lowest BCUT2D eigenvalue weighted by Gasteiger charge is -2.25. The largest absolute Gasteiger partial charge is 0.370 e. The smallest absolute Gasteiger partial charge is 0.144 e. The summed E-state index contributed by atoms with van der Waals surface area (Å²) in [5, 5.41) is 3.25. The molecule has 0 unspecified atom stereocenters. The fraction of sp³-hybridized carbons (Fsp3) is 0.714. The van der Waals surface area contributed by atoms with Crippen molar-refractivity contribution in [2.45, 2.75) is 53.6 Å². The zero-order valence-electron chi connectivity index (χ0n) is 12.3. The van der Waals surface area contributed by atoms with Crippen LogP contribution in [0.3, 0.4) is 0 Å². The highest BCUT2D eigenvalue weighted by atomic mass is 15.2. The van der Waals surface area contributed by atoms with E-state index in [4.69, 9.17) is 0 Å². The molecule has 0 saturated carbocycles.